The van der Waals surface area contributed by atoms with Gasteiger partial charge in [0.25, 0.3) is 0 Å². The van der Waals surface area contributed by atoms with Crippen molar-refractivity contribution >= 4 is 17.6 Å². The number of hydrogen-bond donors (Lipinski definition) is 1. The fraction of sp³-hybridized carbons (Fsp3) is 0.400. The lowest BCUT2D eigenvalue weighted by Crippen LogP contribution is -2.05. The lowest BCUT2D eigenvalue weighted by atomic mass is 10.2. The minimum absolute atomic E-state index is 0.869. The number of ether oxygens (including phenoxy) is 1. The Hall–Kier alpha value is -1.62. The predicted octanol–water partition coefficient (Wildman–Crippen LogP) is 2.75. The Morgan fingerprint density at radius 2 is 2.15 bits per heavy atom. The largest absolute Gasteiger partial charge is 0.497 e. The van der Waals surface area contributed by atoms with Crippen molar-refractivity contribution in [2.75, 3.05) is 31.0 Å². The van der Waals surface area contributed by atoms with E-state index in [1.807, 2.05) is 40.7 Å². The van der Waals surface area contributed by atoms with Gasteiger partial charge in [-0.25, -0.2) is 4.68 Å². The van der Waals surface area contributed by atoms with Crippen molar-refractivity contribution in [3.05, 3.63) is 35.5 Å². The molecule has 1 aliphatic rings. The molecular formula is C15H19N3OS. The van der Waals surface area contributed by atoms with E-state index in [-0.39, 0.29) is 0 Å². The van der Waals surface area contributed by atoms with Gasteiger partial charge in [-0.2, -0.15) is 16.9 Å². The van der Waals surface area contributed by atoms with Gasteiger partial charge in [0, 0.05) is 18.5 Å². The van der Waals surface area contributed by atoms with Gasteiger partial charge in [0.1, 0.15) is 11.6 Å². The zero-order valence-electron chi connectivity index (χ0n) is 11.8. The van der Waals surface area contributed by atoms with Gasteiger partial charge in [0.05, 0.1) is 18.5 Å². The molecule has 0 radical (unpaired) electrons. The van der Waals surface area contributed by atoms with Crippen LogP contribution in [0.3, 0.4) is 0 Å². The molecule has 0 atom stereocenters. The van der Waals surface area contributed by atoms with Crippen LogP contribution in [-0.4, -0.2) is 35.4 Å². The highest BCUT2D eigenvalue weighted by atomic mass is 32.2. The molecule has 0 fully saturated rings. The summed E-state index contributed by atoms with van der Waals surface area (Å²) in [7, 11) is 1.68. The molecule has 0 saturated carbocycles. The molecule has 0 aliphatic carbocycles. The van der Waals surface area contributed by atoms with Gasteiger partial charge >= 0.3 is 0 Å². The molecule has 0 saturated heterocycles. The molecule has 1 aromatic carbocycles. The fourth-order valence-electron chi connectivity index (χ4n) is 2.56. The molecule has 1 aromatic heterocycles. The topological polar surface area (TPSA) is 39.1 Å². The van der Waals surface area contributed by atoms with Crippen LogP contribution in [0, 0.1) is 0 Å². The van der Waals surface area contributed by atoms with Crippen LogP contribution >= 0.6 is 11.8 Å². The molecule has 2 heterocycles. The van der Waals surface area contributed by atoms with Gasteiger partial charge in [-0.15, -0.1) is 0 Å². The Balaban J connectivity index is 1.96. The smallest absolute Gasteiger partial charge is 0.133 e. The Labute approximate surface area is 123 Å². The first-order chi connectivity index (χ1) is 9.83. The maximum Gasteiger partial charge on any atom is 0.133 e. The second-order valence-corrected chi connectivity index (χ2v) is 5.79. The number of benzene rings is 1. The maximum absolute atomic E-state index is 5.21. The third-order valence-electron chi connectivity index (χ3n) is 3.59. The van der Waals surface area contributed by atoms with Crippen molar-refractivity contribution in [3.63, 3.8) is 0 Å². The van der Waals surface area contributed by atoms with Gasteiger partial charge in [-0.3, -0.25) is 0 Å². The van der Waals surface area contributed by atoms with Crippen LogP contribution in [0.5, 0.6) is 5.75 Å². The zero-order valence-corrected chi connectivity index (χ0v) is 12.7. The van der Waals surface area contributed by atoms with Gasteiger partial charge in [0.2, 0.25) is 0 Å². The molecule has 2 aromatic rings. The second kappa shape index (κ2) is 5.79. The summed E-state index contributed by atoms with van der Waals surface area (Å²) >= 11 is 1.87. The highest BCUT2D eigenvalue weighted by molar-refractivity contribution is 7.98. The van der Waals surface area contributed by atoms with Crippen molar-refractivity contribution in [1.82, 2.24) is 9.78 Å². The number of anilines is 1. The quantitative estimate of drug-likeness (QED) is 0.918. The molecule has 0 spiro atoms. The number of methoxy groups -OCH3 is 1. The monoisotopic (exact) mass is 289 g/mol. The molecule has 106 valence electrons. The average molecular weight is 289 g/mol. The van der Waals surface area contributed by atoms with Crippen LogP contribution in [0.4, 0.5) is 5.82 Å². The number of hydrogen-bond acceptors (Lipinski definition) is 4. The maximum atomic E-state index is 5.21. The molecule has 1 N–H and O–H groups in total. The van der Waals surface area contributed by atoms with Crippen molar-refractivity contribution in [1.29, 1.82) is 0 Å². The van der Waals surface area contributed by atoms with E-state index in [1.54, 1.807) is 7.11 Å². The highest BCUT2D eigenvalue weighted by Crippen LogP contribution is 2.29. The minimum Gasteiger partial charge on any atom is -0.497 e. The lowest BCUT2D eigenvalue weighted by Gasteiger charge is -2.07. The molecule has 5 heteroatoms. The Morgan fingerprint density at radius 3 is 2.85 bits per heavy atom. The van der Waals surface area contributed by atoms with E-state index < -0.39 is 0 Å². The normalized spacial score (nSPS) is 13.1. The molecular weight excluding hydrogens is 270 g/mol. The lowest BCUT2D eigenvalue weighted by molar-refractivity contribution is 0.414. The van der Waals surface area contributed by atoms with Gasteiger partial charge in [-0.1, -0.05) is 0 Å². The molecule has 3 rings (SSSR count). The second-order valence-electron chi connectivity index (χ2n) is 4.80. The van der Waals surface area contributed by atoms with Crippen molar-refractivity contribution in [2.24, 2.45) is 0 Å². The summed E-state index contributed by atoms with van der Waals surface area (Å²) in [5.41, 5.74) is 3.69. The van der Waals surface area contributed by atoms with Crippen molar-refractivity contribution < 1.29 is 4.74 Å². The molecule has 0 unspecified atom stereocenters. The van der Waals surface area contributed by atoms with Crippen molar-refractivity contribution in [3.8, 4) is 11.4 Å². The van der Waals surface area contributed by atoms with Gasteiger partial charge < -0.3 is 10.1 Å². The summed E-state index contributed by atoms with van der Waals surface area (Å²) in [6.07, 6.45) is 4.25. The Bertz CT molecular complexity index is 592. The van der Waals surface area contributed by atoms with Crippen LogP contribution in [0.25, 0.3) is 5.69 Å². The Morgan fingerprint density at radius 1 is 1.35 bits per heavy atom. The first kappa shape index (κ1) is 13.4. The van der Waals surface area contributed by atoms with Gasteiger partial charge in [-0.05, 0) is 42.7 Å². The van der Waals surface area contributed by atoms with E-state index in [1.165, 1.54) is 11.3 Å². The number of rotatable bonds is 5. The van der Waals surface area contributed by atoms with Crippen LogP contribution in [0.2, 0.25) is 0 Å². The SMILES string of the molecule is COc1ccc(-n2nc(CCSC)c3c2NCC3)cc1. The number of aromatic nitrogens is 2. The third-order valence-corrected chi connectivity index (χ3v) is 4.21. The standard InChI is InChI=1S/C15H19N3OS/c1-19-12-5-3-11(4-6-12)18-15-13(7-9-16-15)14(17-18)8-10-20-2/h3-6,16H,7-10H2,1-2H3. The molecule has 20 heavy (non-hydrogen) atoms. The average Bonchev–Trinajstić information content (AvgIpc) is 3.08. The molecule has 4 nitrogen and oxygen atoms in total. The number of aryl methyl sites for hydroxylation is 1. The van der Waals surface area contributed by atoms with E-state index in [4.69, 9.17) is 9.84 Å². The molecule has 0 bridgehead atoms. The fourth-order valence-corrected chi connectivity index (χ4v) is 2.95. The summed E-state index contributed by atoms with van der Waals surface area (Å²) in [4.78, 5) is 0. The Kier molecular flexibility index (Phi) is 3.87. The number of thioether (sulfide) groups is 1. The van der Waals surface area contributed by atoms with Crippen LogP contribution < -0.4 is 10.1 Å². The first-order valence-electron chi connectivity index (χ1n) is 6.81. The van der Waals surface area contributed by atoms with Crippen molar-refractivity contribution in [2.45, 2.75) is 12.8 Å². The van der Waals surface area contributed by atoms with E-state index in [9.17, 15) is 0 Å². The van der Waals surface area contributed by atoms with Crippen LogP contribution in [0.1, 0.15) is 11.3 Å². The summed E-state index contributed by atoms with van der Waals surface area (Å²) in [5, 5.41) is 8.25. The van der Waals surface area contributed by atoms with E-state index >= 15 is 0 Å². The first-order valence-corrected chi connectivity index (χ1v) is 8.21. The zero-order chi connectivity index (χ0) is 13.9. The van der Waals surface area contributed by atoms with E-state index in [2.05, 4.69) is 11.6 Å². The summed E-state index contributed by atoms with van der Waals surface area (Å²) in [6, 6.07) is 8.04. The van der Waals surface area contributed by atoms with E-state index in [0.717, 1.165) is 42.4 Å². The number of fused-ring (bicyclic) bond motifs is 1. The minimum atomic E-state index is 0.869. The summed E-state index contributed by atoms with van der Waals surface area (Å²) in [6.45, 7) is 1.01. The summed E-state index contributed by atoms with van der Waals surface area (Å²) in [5.74, 6) is 3.14. The highest BCUT2D eigenvalue weighted by Gasteiger charge is 2.22. The molecule has 0 amide bonds. The number of nitrogens with one attached hydrogen (secondary N) is 1. The van der Waals surface area contributed by atoms with Gasteiger partial charge in [0.15, 0.2) is 0 Å². The number of nitrogens with zero attached hydrogens (tertiary/aromatic N) is 2. The molecule has 1 aliphatic heterocycles. The van der Waals surface area contributed by atoms with Crippen LogP contribution in [0.15, 0.2) is 24.3 Å². The van der Waals surface area contributed by atoms with Crippen LogP contribution in [-0.2, 0) is 12.8 Å². The predicted molar refractivity (Wildman–Crippen MR) is 84.4 cm³/mol. The summed E-state index contributed by atoms with van der Waals surface area (Å²) < 4.78 is 7.23. The third kappa shape index (κ3) is 2.38. The van der Waals surface area contributed by atoms with E-state index in [0.29, 0.717) is 0 Å².